The number of aryl methyl sites for hydroxylation is 3. The number of furan rings is 3. The average Bonchev–Trinajstić information content (AvgIpc) is 3.09. The van der Waals surface area contributed by atoms with Gasteiger partial charge in [-0.15, -0.1) is 0 Å². The molecule has 6 heteroatoms. The Kier molecular flexibility index (Phi) is 9.37. The van der Waals surface area contributed by atoms with Crippen LogP contribution in [0, 0.1) is 20.8 Å². The van der Waals surface area contributed by atoms with Crippen LogP contribution in [-0.2, 0) is 6.42 Å². The van der Waals surface area contributed by atoms with E-state index < -0.39 is 0 Å². The van der Waals surface area contributed by atoms with E-state index in [1.165, 1.54) is 54.9 Å². The summed E-state index contributed by atoms with van der Waals surface area (Å²) in [4.78, 5) is 0. The number of hydrogen-bond donors (Lipinski definition) is 0. The van der Waals surface area contributed by atoms with Crippen molar-refractivity contribution in [1.29, 1.82) is 0 Å². The Balaban J connectivity index is 0.696. The van der Waals surface area contributed by atoms with E-state index in [2.05, 4.69) is 254 Å². The molecule has 0 amide bonds. The summed E-state index contributed by atoms with van der Waals surface area (Å²) < 4.78 is 31.7. The number of aromatic nitrogens is 2. The van der Waals surface area contributed by atoms with Crippen molar-refractivity contribution in [3.05, 3.63) is 258 Å². The third-order valence-electron chi connectivity index (χ3n) is 17.8. The summed E-state index contributed by atoms with van der Waals surface area (Å²) in [5.41, 5.74) is 23.7. The molecule has 1 aliphatic heterocycles. The topological polar surface area (TPSA) is 58.5 Å². The number of nitrogens with zero attached hydrogens (tertiary/aromatic N) is 2. The predicted molar refractivity (Wildman–Crippen MR) is 337 cm³/mol. The molecule has 6 heterocycles. The molecular formula is C76H50N2O4. The minimum absolute atomic E-state index is 0.0427. The Morgan fingerprint density at radius 1 is 0.378 bits per heavy atom. The van der Waals surface area contributed by atoms with Crippen LogP contribution in [-0.4, -0.2) is 15.2 Å². The molecule has 0 saturated heterocycles. The lowest BCUT2D eigenvalue weighted by Gasteiger charge is -2.14. The molecule has 0 bridgehead atoms. The molecule has 2 atom stereocenters. The van der Waals surface area contributed by atoms with Crippen LogP contribution in [0.25, 0.3) is 143 Å². The minimum atomic E-state index is 0.0427. The van der Waals surface area contributed by atoms with Crippen LogP contribution in [0.2, 0.25) is 0 Å². The Morgan fingerprint density at radius 2 is 0.878 bits per heavy atom. The fourth-order valence-electron chi connectivity index (χ4n) is 14.1. The third kappa shape index (κ3) is 6.57. The predicted octanol–water partition coefficient (Wildman–Crippen LogP) is 20.4. The molecule has 11 aromatic carbocycles. The SMILES string of the molecule is Cc1ccc2c(c1)c1cc(C)ccc1n2-c1cccc2c1oc1cccc(-c3ccc4c(c3)oc3cc(Cc5ccc6c(c5)c5cc(C)ccc5n6-c5cccc6c5oc5cccc(-c7ccc8c(c7)C7C=CC=CC7O8)c56)ccc34)c12. The molecule has 2 unspecified atom stereocenters. The molecule has 0 N–H and O–H groups in total. The van der Waals surface area contributed by atoms with E-state index in [9.17, 15) is 0 Å². The molecule has 0 radical (unpaired) electrons. The standard InChI is InChI=1S/C76H50N2O4/c1-42-20-29-61-56(34-42)57-35-43(2)21-30-62(57)77(61)65-15-7-14-55-74-50(12-9-19-70(74)82-76(55)65)48-25-28-53-52-27-23-46(39-71(52)80-72(53)41-48)37-45-24-32-64-59(38-45)58-36-44(3)22-31-63(58)78(64)66-16-6-13-54-73-49(11-8-18-69(73)81-75(54)66)47-26-33-68-60(40-47)51-10-4-5-17-67(51)79-68/h4-36,38-41,51,67H,37H2,1-3H3. The Bertz CT molecular complexity index is 5470. The number of allylic oxidation sites excluding steroid dienone is 2. The number of ether oxygens (including phenoxy) is 1. The monoisotopic (exact) mass is 1050 g/mol. The molecule has 82 heavy (non-hydrogen) atoms. The van der Waals surface area contributed by atoms with E-state index in [0.717, 1.165) is 134 Å². The fourth-order valence-corrected chi connectivity index (χ4v) is 14.1. The largest absolute Gasteiger partial charge is 0.485 e. The number of fused-ring (bicyclic) bond motifs is 18. The molecular weight excluding hydrogens is 1000 g/mol. The van der Waals surface area contributed by atoms with Crippen LogP contribution in [0.4, 0.5) is 0 Å². The highest BCUT2D eigenvalue weighted by atomic mass is 16.5. The van der Waals surface area contributed by atoms with Crippen LogP contribution < -0.4 is 4.74 Å². The molecule has 388 valence electrons. The molecule has 0 spiro atoms. The second kappa shape index (κ2) is 16.9. The summed E-state index contributed by atoms with van der Waals surface area (Å²) in [6.07, 6.45) is 9.40. The normalized spacial score (nSPS) is 15.1. The van der Waals surface area contributed by atoms with Crippen molar-refractivity contribution >= 4 is 109 Å². The van der Waals surface area contributed by atoms with Gasteiger partial charge in [-0.25, -0.2) is 0 Å². The lowest BCUT2D eigenvalue weighted by atomic mass is 9.89. The molecule has 6 nitrogen and oxygen atoms in total. The minimum Gasteiger partial charge on any atom is -0.485 e. The van der Waals surface area contributed by atoms with Gasteiger partial charge in [0.15, 0.2) is 11.2 Å². The maximum Gasteiger partial charge on any atom is 0.159 e. The van der Waals surface area contributed by atoms with E-state index >= 15 is 0 Å². The zero-order chi connectivity index (χ0) is 54.1. The van der Waals surface area contributed by atoms with E-state index in [0.29, 0.717) is 0 Å². The van der Waals surface area contributed by atoms with Gasteiger partial charge in [-0.1, -0.05) is 132 Å². The Morgan fingerprint density at radius 3 is 1.50 bits per heavy atom. The highest BCUT2D eigenvalue weighted by Gasteiger charge is 2.33. The van der Waals surface area contributed by atoms with Crippen molar-refractivity contribution in [2.24, 2.45) is 0 Å². The van der Waals surface area contributed by atoms with Gasteiger partial charge in [-0.05, 0) is 170 Å². The maximum absolute atomic E-state index is 6.95. The highest BCUT2D eigenvalue weighted by Crippen LogP contribution is 2.48. The first-order valence-corrected chi connectivity index (χ1v) is 28.4. The second-order valence-electron chi connectivity index (χ2n) is 22.9. The van der Waals surface area contributed by atoms with E-state index in [1.54, 1.807) is 0 Å². The van der Waals surface area contributed by atoms with Gasteiger partial charge in [0.25, 0.3) is 0 Å². The average molecular weight is 1060 g/mol. The summed E-state index contributed by atoms with van der Waals surface area (Å²) in [5, 5.41) is 11.5. The zero-order valence-electron chi connectivity index (χ0n) is 45.3. The van der Waals surface area contributed by atoms with Crippen molar-refractivity contribution < 1.29 is 18.0 Å². The lowest BCUT2D eigenvalue weighted by Crippen LogP contribution is -2.15. The summed E-state index contributed by atoms with van der Waals surface area (Å²) in [5.74, 6) is 1.17. The Hall–Kier alpha value is -10.3. The third-order valence-corrected chi connectivity index (χ3v) is 17.8. The van der Waals surface area contributed by atoms with E-state index in [1.807, 2.05) is 0 Å². The summed E-state index contributed by atoms with van der Waals surface area (Å²) in [7, 11) is 0. The number of hydrogen-bond acceptors (Lipinski definition) is 4. The molecule has 5 aromatic heterocycles. The zero-order valence-corrected chi connectivity index (χ0v) is 45.3. The molecule has 0 fully saturated rings. The first kappa shape index (κ1) is 45.6. The molecule has 1 aliphatic carbocycles. The van der Waals surface area contributed by atoms with Crippen molar-refractivity contribution in [1.82, 2.24) is 9.13 Å². The van der Waals surface area contributed by atoms with Crippen LogP contribution in [0.3, 0.4) is 0 Å². The summed E-state index contributed by atoms with van der Waals surface area (Å²) in [6, 6.07) is 73.1. The maximum atomic E-state index is 6.95. The van der Waals surface area contributed by atoms with Crippen LogP contribution >= 0.6 is 0 Å². The molecule has 16 aromatic rings. The van der Waals surface area contributed by atoms with Gasteiger partial charge in [0.05, 0.1) is 33.4 Å². The number of benzene rings is 11. The Labute approximate surface area is 470 Å². The molecule has 0 saturated carbocycles. The van der Waals surface area contributed by atoms with Crippen LogP contribution in [0.5, 0.6) is 5.75 Å². The van der Waals surface area contributed by atoms with Gasteiger partial charge in [-0.3, -0.25) is 0 Å². The lowest BCUT2D eigenvalue weighted by molar-refractivity contribution is 0.269. The van der Waals surface area contributed by atoms with Gasteiger partial charge in [0.2, 0.25) is 0 Å². The van der Waals surface area contributed by atoms with Crippen LogP contribution in [0.1, 0.15) is 39.3 Å². The van der Waals surface area contributed by atoms with Crippen molar-refractivity contribution in [3.63, 3.8) is 0 Å². The molecule has 2 aliphatic rings. The van der Waals surface area contributed by atoms with E-state index in [4.69, 9.17) is 18.0 Å². The van der Waals surface area contributed by atoms with Gasteiger partial charge in [0.1, 0.15) is 34.2 Å². The first-order chi connectivity index (χ1) is 40.3. The highest BCUT2D eigenvalue weighted by molar-refractivity contribution is 6.19. The van der Waals surface area contributed by atoms with Crippen LogP contribution in [0.15, 0.2) is 238 Å². The second-order valence-corrected chi connectivity index (χ2v) is 22.9. The summed E-state index contributed by atoms with van der Waals surface area (Å²) in [6.45, 7) is 6.50. The van der Waals surface area contributed by atoms with Gasteiger partial charge >= 0.3 is 0 Å². The summed E-state index contributed by atoms with van der Waals surface area (Å²) >= 11 is 0. The first-order valence-electron chi connectivity index (χ1n) is 28.4. The van der Waals surface area contributed by atoms with E-state index in [-0.39, 0.29) is 12.0 Å². The number of para-hydroxylation sites is 2. The van der Waals surface area contributed by atoms with Gasteiger partial charge < -0.3 is 27.1 Å². The number of rotatable bonds is 6. The van der Waals surface area contributed by atoms with Gasteiger partial charge in [0, 0.05) is 65.3 Å². The smallest absolute Gasteiger partial charge is 0.159 e. The van der Waals surface area contributed by atoms with Crippen molar-refractivity contribution in [3.8, 4) is 39.4 Å². The quantitative estimate of drug-likeness (QED) is 0.166. The van der Waals surface area contributed by atoms with Crippen molar-refractivity contribution in [2.75, 3.05) is 0 Å². The van der Waals surface area contributed by atoms with Gasteiger partial charge in [-0.2, -0.15) is 0 Å². The van der Waals surface area contributed by atoms with Crippen molar-refractivity contribution in [2.45, 2.75) is 39.2 Å². The molecule has 18 rings (SSSR count). The fraction of sp³-hybridized carbons (Fsp3) is 0.0789.